The minimum atomic E-state index is -3.55. The molecule has 0 radical (unpaired) electrons. The number of hydrogen-bond acceptors (Lipinski definition) is 4. The number of sulfonamides is 1. The van der Waals surface area contributed by atoms with Crippen LogP contribution in [-0.4, -0.2) is 50.0 Å². The molecule has 37 heavy (non-hydrogen) atoms. The normalized spacial score (nSPS) is 13.0. The van der Waals surface area contributed by atoms with Gasteiger partial charge in [0, 0.05) is 25.6 Å². The van der Waals surface area contributed by atoms with Crippen LogP contribution >= 0.6 is 0 Å². The van der Waals surface area contributed by atoms with Crippen molar-refractivity contribution in [2.24, 2.45) is 0 Å². The molecule has 2 atom stereocenters. The molecule has 2 aromatic rings. The minimum absolute atomic E-state index is 0.0354. The number of aryl methyl sites for hydroxylation is 1. The third kappa shape index (κ3) is 9.14. The van der Waals surface area contributed by atoms with Crippen molar-refractivity contribution in [3.63, 3.8) is 0 Å². The van der Waals surface area contributed by atoms with Gasteiger partial charge in [-0.1, -0.05) is 45.0 Å². The molecule has 1 N–H and O–H groups in total. The zero-order valence-corrected chi connectivity index (χ0v) is 23.4. The zero-order chi connectivity index (χ0) is 27.6. The Morgan fingerprint density at radius 3 is 2.05 bits per heavy atom. The van der Waals surface area contributed by atoms with Gasteiger partial charge in [-0.15, -0.1) is 0 Å². The predicted molar refractivity (Wildman–Crippen MR) is 146 cm³/mol. The summed E-state index contributed by atoms with van der Waals surface area (Å²) in [5.41, 5.74) is 2.36. The van der Waals surface area contributed by atoms with Gasteiger partial charge in [0.25, 0.3) is 0 Å². The Kier molecular flexibility index (Phi) is 11.6. The molecule has 0 aliphatic rings. The van der Waals surface area contributed by atoms with Crippen molar-refractivity contribution < 1.29 is 22.4 Å². The highest BCUT2D eigenvalue weighted by Gasteiger charge is 2.29. The lowest BCUT2D eigenvalue weighted by molar-refractivity contribution is -0.141. The lowest BCUT2D eigenvalue weighted by Gasteiger charge is -2.32. The maximum atomic E-state index is 13.4. The molecule has 2 unspecified atom stereocenters. The van der Waals surface area contributed by atoms with E-state index in [2.05, 4.69) is 5.32 Å². The maximum Gasteiger partial charge on any atom is 0.243 e. The number of rotatable bonds is 14. The van der Waals surface area contributed by atoms with E-state index in [1.165, 1.54) is 21.3 Å². The fraction of sp³-hybridized carbons (Fsp3) is 0.500. The topological polar surface area (TPSA) is 86.8 Å². The molecule has 204 valence electrons. The fourth-order valence-corrected chi connectivity index (χ4v) is 5.01. The Hall–Kier alpha value is -2.94. The molecule has 7 nitrogen and oxygen atoms in total. The molecule has 0 fully saturated rings. The third-order valence-corrected chi connectivity index (χ3v) is 7.63. The fourth-order valence-electron chi connectivity index (χ4n) is 4.05. The molecule has 0 aliphatic heterocycles. The van der Waals surface area contributed by atoms with E-state index >= 15 is 0 Å². The molecule has 0 aliphatic carbocycles. The van der Waals surface area contributed by atoms with E-state index in [-0.39, 0.29) is 49.6 Å². The van der Waals surface area contributed by atoms with Crippen LogP contribution in [0.4, 0.5) is 10.1 Å². The molecule has 0 saturated carbocycles. The average Bonchev–Trinajstić information content (AvgIpc) is 2.86. The Morgan fingerprint density at radius 1 is 0.946 bits per heavy atom. The Labute approximate surface area is 221 Å². The van der Waals surface area contributed by atoms with Gasteiger partial charge in [0.1, 0.15) is 11.9 Å². The maximum absolute atomic E-state index is 13.4. The molecule has 0 heterocycles. The smallest absolute Gasteiger partial charge is 0.243 e. The summed E-state index contributed by atoms with van der Waals surface area (Å²) in [5.74, 6) is -0.873. The highest BCUT2D eigenvalue weighted by atomic mass is 32.2. The molecule has 2 rings (SSSR count). The van der Waals surface area contributed by atoms with Crippen LogP contribution in [0.5, 0.6) is 0 Å². The molecule has 0 saturated heterocycles. The van der Waals surface area contributed by atoms with Crippen molar-refractivity contribution in [2.45, 2.75) is 78.4 Å². The number of amides is 2. The summed E-state index contributed by atoms with van der Waals surface area (Å²) >= 11 is 0. The Balaban J connectivity index is 2.21. The molecule has 2 amide bonds. The van der Waals surface area contributed by atoms with E-state index in [1.807, 2.05) is 39.8 Å². The summed E-state index contributed by atoms with van der Waals surface area (Å²) in [7, 11) is -3.55. The summed E-state index contributed by atoms with van der Waals surface area (Å²) in [4.78, 5) is 28.0. The van der Waals surface area contributed by atoms with Crippen LogP contribution in [0.3, 0.4) is 0 Å². The number of halogens is 1. The average molecular weight is 534 g/mol. The van der Waals surface area contributed by atoms with Crippen LogP contribution in [0.1, 0.15) is 64.5 Å². The molecule has 2 aromatic carbocycles. The van der Waals surface area contributed by atoms with E-state index in [0.29, 0.717) is 17.7 Å². The van der Waals surface area contributed by atoms with Gasteiger partial charge in [-0.2, -0.15) is 0 Å². The molecular weight excluding hydrogens is 493 g/mol. The van der Waals surface area contributed by atoms with Gasteiger partial charge < -0.3 is 10.2 Å². The largest absolute Gasteiger partial charge is 0.352 e. The van der Waals surface area contributed by atoms with E-state index in [9.17, 15) is 22.4 Å². The predicted octanol–water partition coefficient (Wildman–Crippen LogP) is 4.66. The van der Waals surface area contributed by atoms with Crippen molar-refractivity contribution in [1.29, 1.82) is 0 Å². The first-order valence-electron chi connectivity index (χ1n) is 12.9. The summed E-state index contributed by atoms with van der Waals surface area (Å²) in [5, 5.41) is 2.96. The van der Waals surface area contributed by atoms with Gasteiger partial charge in [0.2, 0.25) is 21.8 Å². The number of carbonyl (C=O) groups excluding carboxylic acids is 2. The molecular formula is C28H40FN3O4S. The zero-order valence-electron chi connectivity index (χ0n) is 22.5. The highest BCUT2D eigenvalue weighted by Crippen LogP contribution is 2.21. The summed E-state index contributed by atoms with van der Waals surface area (Å²) in [6, 6.07) is 12.4. The third-order valence-electron chi connectivity index (χ3n) is 6.44. The van der Waals surface area contributed by atoms with Crippen LogP contribution < -0.4 is 9.62 Å². The molecule has 9 heteroatoms. The number of carbonyl (C=O) groups is 2. The second-order valence-corrected chi connectivity index (χ2v) is 11.3. The quantitative estimate of drug-likeness (QED) is 0.383. The number of anilines is 1. The Bertz CT molecular complexity index is 1120. The van der Waals surface area contributed by atoms with E-state index in [1.54, 1.807) is 24.3 Å². The van der Waals surface area contributed by atoms with Gasteiger partial charge in [0.15, 0.2) is 0 Å². The van der Waals surface area contributed by atoms with Crippen molar-refractivity contribution in [1.82, 2.24) is 10.2 Å². The first kappa shape index (κ1) is 30.3. The first-order chi connectivity index (χ1) is 17.5. The molecule has 0 bridgehead atoms. The number of nitrogens with zero attached hydrogens (tertiary/aromatic N) is 2. The van der Waals surface area contributed by atoms with Crippen LogP contribution in [0.2, 0.25) is 0 Å². The number of hydrogen-bond donors (Lipinski definition) is 1. The summed E-state index contributed by atoms with van der Waals surface area (Å²) in [6.07, 6.45) is 3.51. The minimum Gasteiger partial charge on any atom is -0.352 e. The van der Waals surface area contributed by atoms with Gasteiger partial charge >= 0.3 is 0 Å². The lowest BCUT2D eigenvalue weighted by atomic mass is 10.1. The number of nitrogens with one attached hydrogen (secondary N) is 1. The first-order valence-corrected chi connectivity index (χ1v) is 14.8. The Morgan fingerprint density at radius 2 is 1.54 bits per heavy atom. The van der Waals surface area contributed by atoms with Crippen molar-refractivity contribution >= 4 is 27.5 Å². The second-order valence-electron chi connectivity index (χ2n) is 9.35. The SMILES string of the molecule is CCc1ccc(N(CCCC(=O)N(Cc2ccc(F)cc2)C(CC)C(=O)NC(C)CC)S(C)(=O)=O)cc1. The van der Waals surface area contributed by atoms with Crippen LogP contribution in [-0.2, 0) is 32.6 Å². The summed E-state index contributed by atoms with van der Waals surface area (Å²) < 4.78 is 39.7. The monoisotopic (exact) mass is 533 g/mol. The van der Waals surface area contributed by atoms with Crippen molar-refractivity contribution in [3.05, 3.63) is 65.5 Å². The lowest BCUT2D eigenvalue weighted by Crippen LogP contribution is -2.50. The van der Waals surface area contributed by atoms with E-state index in [0.717, 1.165) is 24.7 Å². The van der Waals surface area contributed by atoms with E-state index in [4.69, 9.17) is 0 Å². The van der Waals surface area contributed by atoms with Crippen LogP contribution in [0, 0.1) is 5.82 Å². The molecule has 0 aromatic heterocycles. The standard InChI is InChI=1S/C28H40FN3O4S/c1-6-21(4)30-28(34)26(8-3)31(20-23-11-15-24(29)16-12-23)27(33)10-9-19-32(37(5,35)36)25-17-13-22(7-2)14-18-25/h11-18,21,26H,6-10,19-20H2,1-5H3,(H,30,34). The number of benzene rings is 2. The van der Waals surface area contributed by atoms with Crippen molar-refractivity contribution in [3.8, 4) is 0 Å². The second kappa shape index (κ2) is 14.1. The van der Waals surface area contributed by atoms with Gasteiger partial charge in [-0.3, -0.25) is 13.9 Å². The van der Waals surface area contributed by atoms with Gasteiger partial charge in [-0.05, 0) is 68.0 Å². The van der Waals surface area contributed by atoms with Crippen LogP contribution in [0.25, 0.3) is 0 Å². The van der Waals surface area contributed by atoms with Crippen molar-refractivity contribution in [2.75, 3.05) is 17.1 Å². The van der Waals surface area contributed by atoms with Gasteiger partial charge in [0.05, 0.1) is 11.9 Å². The van der Waals surface area contributed by atoms with Crippen LogP contribution in [0.15, 0.2) is 48.5 Å². The summed E-state index contributed by atoms with van der Waals surface area (Å²) in [6.45, 7) is 8.03. The highest BCUT2D eigenvalue weighted by molar-refractivity contribution is 7.92. The molecule has 0 spiro atoms. The van der Waals surface area contributed by atoms with E-state index < -0.39 is 16.1 Å². The van der Waals surface area contributed by atoms with Gasteiger partial charge in [-0.25, -0.2) is 12.8 Å².